The molecule has 0 unspecified atom stereocenters. The molecule has 0 amide bonds. The van der Waals surface area contributed by atoms with Crippen molar-refractivity contribution in [2.45, 2.75) is 11.7 Å². The van der Waals surface area contributed by atoms with Gasteiger partial charge in [-0.3, -0.25) is 0 Å². The lowest BCUT2D eigenvalue weighted by Gasteiger charge is -2.35. The Labute approximate surface area is 130 Å². The van der Waals surface area contributed by atoms with Crippen LogP contribution in [0.3, 0.4) is 0 Å². The second-order valence-electron chi connectivity index (χ2n) is 5.20. The monoisotopic (exact) mass is 314 g/mol. The molecule has 22 heavy (non-hydrogen) atoms. The molecule has 0 radical (unpaired) electrons. The zero-order valence-corrected chi connectivity index (χ0v) is 13.6. The molecule has 0 saturated carbocycles. The van der Waals surface area contributed by atoms with E-state index in [1.54, 1.807) is 36.8 Å². The van der Waals surface area contributed by atoms with Gasteiger partial charge in [-0.1, -0.05) is 30.8 Å². The minimum atomic E-state index is -0.691. The highest BCUT2D eigenvalue weighted by Crippen LogP contribution is 2.33. The highest BCUT2D eigenvalue weighted by atomic mass is 28.2. The van der Waals surface area contributed by atoms with Crippen LogP contribution in [0.2, 0.25) is 6.55 Å². The summed E-state index contributed by atoms with van der Waals surface area (Å²) in [6, 6.07) is 13.1. The standard InChI is InChI=1S/C17H16F2N2Si/c1-22-17(21-11-10-20-12-21,13-2-6-15(18)7-3-13)14-4-8-16(19)9-5-14/h2-12H,22H2,1H3. The van der Waals surface area contributed by atoms with E-state index in [4.69, 9.17) is 0 Å². The van der Waals surface area contributed by atoms with Crippen LogP contribution in [-0.4, -0.2) is 19.1 Å². The van der Waals surface area contributed by atoms with Gasteiger partial charge < -0.3 is 4.57 Å². The van der Waals surface area contributed by atoms with Crippen LogP contribution < -0.4 is 0 Å². The molecule has 5 heteroatoms. The third-order valence-electron chi connectivity index (χ3n) is 4.10. The van der Waals surface area contributed by atoms with Crippen LogP contribution in [0.4, 0.5) is 8.78 Å². The van der Waals surface area contributed by atoms with Crippen LogP contribution in [0, 0.1) is 11.6 Å². The lowest BCUT2D eigenvalue weighted by atomic mass is 9.97. The van der Waals surface area contributed by atoms with Gasteiger partial charge in [0.15, 0.2) is 0 Å². The lowest BCUT2D eigenvalue weighted by Crippen LogP contribution is -2.40. The molecule has 0 fully saturated rings. The molecule has 1 aromatic heterocycles. The average Bonchev–Trinajstić information content (AvgIpc) is 3.07. The first-order valence-electron chi connectivity index (χ1n) is 7.17. The van der Waals surface area contributed by atoms with Crippen molar-refractivity contribution in [2.75, 3.05) is 0 Å². The number of hydrogen-bond acceptors (Lipinski definition) is 1. The van der Waals surface area contributed by atoms with E-state index in [9.17, 15) is 8.78 Å². The summed E-state index contributed by atoms with van der Waals surface area (Å²) in [6.07, 6.45) is 5.40. The van der Waals surface area contributed by atoms with Crippen LogP contribution in [0.1, 0.15) is 11.1 Å². The van der Waals surface area contributed by atoms with Crippen molar-refractivity contribution < 1.29 is 8.78 Å². The predicted octanol–water partition coefficient (Wildman–Crippen LogP) is 3.13. The van der Waals surface area contributed by atoms with E-state index in [0.29, 0.717) is 0 Å². The van der Waals surface area contributed by atoms with Gasteiger partial charge in [0.2, 0.25) is 0 Å². The summed E-state index contributed by atoms with van der Waals surface area (Å²) in [5.41, 5.74) is 1.99. The minimum absolute atomic E-state index is 0.264. The molecule has 0 aliphatic rings. The van der Waals surface area contributed by atoms with Gasteiger partial charge >= 0.3 is 0 Å². The number of benzene rings is 2. The molecule has 2 nitrogen and oxygen atoms in total. The predicted molar refractivity (Wildman–Crippen MR) is 85.6 cm³/mol. The fraction of sp³-hybridized carbons (Fsp3) is 0.118. The smallest absolute Gasteiger partial charge is 0.123 e. The Balaban J connectivity index is 2.25. The molecule has 0 saturated heterocycles. The molecular weight excluding hydrogens is 298 g/mol. The molecule has 112 valence electrons. The Morgan fingerprint density at radius 1 is 0.909 bits per heavy atom. The topological polar surface area (TPSA) is 17.8 Å². The summed E-state index contributed by atoms with van der Waals surface area (Å²) in [6.45, 7) is 2.19. The number of rotatable bonds is 4. The molecule has 3 rings (SSSR count). The van der Waals surface area contributed by atoms with Crippen molar-refractivity contribution >= 4 is 9.52 Å². The molecule has 0 atom stereocenters. The van der Waals surface area contributed by atoms with E-state index < -0.39 is 14.7 Å². The third kappa shape index (κ3) is 2.37. The van der Waals surface area contributed by atoms with E-state index in [1.807, 2.05) is 10.8 Å². The SMILES string of the molecule is C[SiH2]C(c1ccc(F)cc1)(c1ccc(F)cc1)n1ccnc1. The molecular formula is C17H16F2N2Si. The zero-order chi connectivity index (χ0) is 15.6. The largest absolute Gasteiger partial charge is 0.327 e. The number of hydrogen-bond donors (Lipinski definition) is 0. The van der Waals surface area contributed by atoms with Gasteiger partial charge in [0.1, 0.15) is 11.6 Å². The Morgan fingerprint density at radius 2 is 1.41 bits per heavy atom. The van der Waals surface area contributed by atoms with Gasteiger partial charge in [-0.25, -0.2) is 13.8 Å². The summed E-state index contributed by atoms with van der Waals surface area (Å²) in [4.78, 5) is 4.16. The molecule has 0 N–H and O–H groups in total. The summed E-state index contributed by atoms with van der Waals surface area (Å²) >= 11 is 0. The normalized spacial score (nSPS) is 12.1. The number of aromatic nitrogens is 2. The molecule has 1 heterocycles. The lowest BCUT2D eigenvalue weighted by molar-refractivity contribution is 0.582. The quantitative estimate of drug-likeness (QED) is 0.677. The van der Waals surface area contributed by atoms with Crippen LogP contribution >= 0.6 is 0 Å². The molecule has 0 aliphatic carbocycles. The maximum atomic E-state index is 13.3. The Morgan fingerprint density at radius 3 is 1.77 bits per heavy atom. The highest BCUT2D eigenvalue weighted by Gasteiger charge is 2.34. The van der Waals surface area contributed by atoms with E-state index in [0.717, 1.165) is 11.1 Å². The van der Waals surface area contributed by atoms with E-state index in [2.05, 4.69) is 11.5 Å². The number of imidazole rings is 1. The summed E-state index contributed by atoms with van der Waals surface area (Å²) in [5, 5.41) is -0.405. The van der Waals surface area contributed by atoms with E-state index in [1.165, 1.54) is 24.3 Å². The van der Waals surface area contributed by atoms with Crippen molar-refractivity contribution in [2.24, 2.45) is 0 Å². The highest BCUT2D eigenvalue weighted by molar-refractivity contribution is 6.39. The van der Waals surface area contributed by atoms with Crippen LogP contribution in [0.15, 0.2) is 67.3 Å². The molecule has 0 spiro atoms. The number of nitrogens with zero attached hydrogens (tertiary/aromatic N) is 2. The fourth-order valence-electron chi connectivity index (χ4n) is 2.99. The Hall–Kier alpha value is -2.27. The molecule has 0 aliphatic heterocycles. The first-order chi connectivity index (χ1) is 10.7. The Bertz CT molecular complexity index is 692. The van der Waals surface area contributed by atoms with Crippen molar-refractivity contribution in [1.82, 2.24) is 9.55 Å². The minimum Gasteiger partial charge on any atom is -0.327 e. The average molecular weight is 314 g/mol. The molecule has 0 bridgehead atoms. The second-order valence-corrected chi connectivity index (χ2v) is 6.93. The zero-order valence-electron chi connectivity index (χ0n) is 12.2. The Kier molecular flexibility index (Phi) is 3.89. The summed E-state index contributed by atoms with van der Waals surface area (Å²) < 4.78 is 28.7. The van der Waals surface area contributed by atoms with E-state index in [-0.39, 0.29) is 11.6 Å². The summed E-state index contributed by atoms with van der Waals surface area (Å²) in [5.74, 6) is -0.527. The van der Waals surface area contributed by atoms with Gasteiger partial charge in [-0.2, -0.15) is 0 Å². The second kappa shape index (κ2) is 5.85. The van der Waals surface area contributed by atoms with Crippen molar-refractivity contribution in [1.29, 1.82) is 0 Å². The first kappa shape index (κ1) is 14.7. The summed E-state index contributed by atoms with van der Waals surface area (Å²) in [7, 11) is -0.691. The fourth-order valence-corrected chi connectivity index (χ4v) is 4.83. The van der Waals surface area contributed by atoms with Crippen molar-refractivity contribution in [3.8, 4) is 0 Å². The van der Waals surface area contributed by atoms with Crippen molar-refractivity contribution in [3.63, 3.8) is 0 Å². The van der Waals surface area contributed by atoms with Crippen LogP contribution in [0.5, 0.6) is 0 Å². The molecule has 2 aromatic carbocycles. The van der Waals surface area contributed by atoms with Gasteiger partial charge in [0.25, 0.3) is 0 Å². The van der Waals surface area contributed by atoms with E-state index >= 15 is 0 Å². The third-order valence-corrected chi connectivity index (χ3v) is 6.31. The maximum absolute atomic E-state index is 13.3. The van der Waals surface area contributed by atoms with Gasteiger partial charge in [-0.05, 0) is 35.4 Å². The van der Waals surface area contributed by atoms with Crippen molar-refractivity contribution in [3.05, 3.63) is 90.0 Å². The van der Waals surface area contributed by atoms with Gasteiger partial charge in [0, 0.05) is 12.4 Å². The van der Waals surface area contributed by atoms with Gasteiger partial charge in [0.05, 0.1) is 21.0 Å². The van der Waals surface area contributed by atoms with Gasteiger partial charge in [-0.15, -0.1) is 0 Å². The maximum Gasteiger partial charge on any atom is 0.123 e. The first-order valence-corrected chi connectivity index (χ1v) is 9.29. The molecule has 3 aromatic rings. The number of halogens is 2. The van der Waals surface area contributed by atoms with Crippen LogP contribution in [0.25, 0.3) is 0 Å². The van der Waals surface area contributed by atoms with Crippen LogP contribution in [-0.2, 0) is 5.16 Å².